The second kappa shape index (κ2) is 9.52. The van der Waals surface area contributed by atoms with Crippen molar-refractivity contribution >= 4 is 40.0 Å². The molecule has 1 fully saturated rings. The third-order valence-electron chi connectivity index (χ3n) is 6.39. The van der Waals surface area contributed by atoms with Crippen LogP contribution in [0.4, 0.5) is 5.69 Å². The summed E-state index contributed by atoms with van der Waals surface area (Å²) >= 11 is 5.91. The number of oxazole rings is 1. The van der Waals surface area contributed by atoms with Crippen LogP contribution in [-0.4, -0.2) is 47.2 Å². The second-order valence-corrected chi connectivity index (χ2v) is 9.10. The molecular formula is C27H24ClN3O4. The predicted octanol–water partition coefficient (Wildman–Crippen LogP) is 4.46. The van der Waals surface area contributed by atoms with E-state index >= 15 is 0 Å². The van der Waals surface area contributed by atoms with Crippen molar-refractivity contribution < 1.29 is 14.0 Å². The number of aromatic nitrogens is 1. The maximum atomic E-state index is 12.8. The molecule has 1 aliphatic rings. The highest BCUT2D eigenvalue weighted by atomic mass is 35.5. The summed E-state index contributed by atoms with van der Waals surface area (Å²) < 4.78 is 7.08. The summed E-state index contributed by atoms with van der Waals surface area (Å²) in [6.45, 7) is 5.15. The lowest BCUT2D eigenvalue weighted by Gasteiger charge is -2.36. The highest BCUT2D eigenvalue weighted by Gasteiger charge is 2.20. The number of piperazine rings is 1. The average molecular weight is 490 g/mol. The Balaban J connectivity index is 1.28. The van der Waals surface area contributed by atoms with Gasteiger partial charge in [0, 0.05) is 53.6 Å². The van der Waals surface area contributed by atoms with Gasteiger partial charge in [0.1, 0.15) is 0 Å². The molecule has 8 heteroatoms. The van der Waals surface area contributed by atoms with Crippen LogP contribution >= 0.6 is 11.6 Å². The van der Waals surface area contributed by atoms with Gasteiger partial charge in [0.05, 0.1) is 12.2 Å². The van der Waals surface area contributed by atoms with Crippen LogP contribution in [0.3, 0.4) is 0 Å². The number of anilines is 1. The van der Waals surface area contributed by atoms with Gasteiger partial charge >= 0.3 is 5.76 Å². The highest BCUT2D eigenvalue weighted by molar-refractivity contribution is 6.30. The summed E-state index contributed by atoms with van der Waals surface area (Å²) in [6.07, 6.45) is 0. The van der Waals surface area contributed by atoms with Gasteiger partial charge in [0.2, 0.25) is 0 Å². The van der Waals surface area contributed by atoms with E-state index in [1.54, 1.807) is 54.0 Å². The molecule has 2 heterocycles. The number of nitrogens with zero attached hydrogens (tertiary/aromatic N) is 3. The van der Waals surface area contributed by atoms with E-state index in [1.807, 2.05) is 24.3 Å². The first-order valence-electron chi connectivity index (χ1n) is 11.4. The Morgan fingerprint density at radius 2 is 1.49 bits per heavy atom. The van der Waals surface area contributed by atoms with Crippen molar-refractivity contribution in [3.8, 4) is 0 Å². The molecule has 0 amide bonds. The molecule has 35 heavy (non-hydrogen) atoms. The number of carbonyl (C=O) groups excluding carboxylic acids is 2. The molecule has 0 spiro atoms. The average Bonchev–Trinajstić information content (AvgIpc) is 3.18. The van der Waals surface area contributed by atoms with E-state index in [2.05, 4.69) is 9.80 Å². The zero-order chi connectivity index (χ0) is 24.5. The van der Waals surface area contributed by atoms with Gasteiger partial charge in [-0.2, -0.15) is 0 Å². The lowest BCUT2D eigenvalue weighted by Crippen LogP contribution is -2.47. The van der Waals surface area contributed by atoms with E-state index in [0.717, 1.165) is 31.9 Å². The van der Waals surface area contributed by atoms with Crippen LogP contribution in [0.25, 0.3) is 11.1 Å². The molecule has 0 N–H and O–H groups in total. The predicted molar refractivity (Wildman–Crippen MR) is 136 cm³/mol. The van der Waals surface area contributed by atoms with Crippen LogP contribution in [-0.2, 0) is 6.67 Å². The number of hydrogen-bond acceptors (Lipinski definition) is 6. The molecule has 4 aromatic rings. The lowest BCUT2D eigenvalue weighted by molar-refractivity contribution is 0.101. The van der Waals surface area contributed by atoms with Crippen molar-refractivity contribution in [1.82, 2.24) is 9.47 Å². The molecule has 3 aromatic carbocycles. The number of hydrogen-bond donors (Lipinski definition) is 0. The molecule has 7 nitrogen and oxygen atoms in total. The van der Waals surface area contributed by atoms with Crippen molar-refractivity contribution in [1.29, 1.82) is 0 Å². The standard InChI is InChI=1S/C27H24ClN3O4/c1-18(32)19-4-9-23(10-5-19)30-14-12-29(13-15-30)17-31-24-11-6-21(16-25(24)35-27(31)34)26(33)20-2-7-22(28)8-3-20/h2-11,16H,12-15,17H2,1H3. The fourth-order valence-corrected chi connectivity index (χ4v) is 4.49. The van der Waals surface area contributed by atoms with Crippen molar-refractivity contribution in [2.45, 2.75) is 13.6 Å². The molecule has 0 unspecified atom stereocenters. The monoisotopic (exact) mass is 489 g/mol. The maximum Gasteiger partial charge on any atom is 0.421 e. The number of benzene rings is 3. The first kappa shape index (κ1) is 23.1. The number of halogens is 1. The van der Waals surface area contributed by atoms with E-state index in [4.69, 9.17) is 16.0 Å². The van der Waals surface area contributed by atoms with E-state index in [9.17, 15) is 14.4 Å². The minimum atomic E-state index is -0.446. The molecule has 1 saturated heterocycles. The van der Waals surface area contributed by atoms with E-state index in [-0.39, 0.29) is 11.6 Å². The first-order chi connectivity index (χ1) is 16.9. The summed E-state index contributed by atoms with van der Waals surface area (Å²) in [7, 11) is 0. The maximum absolute atomic E-state index is 12.8. The zero-order valence-corrected chi connectivity index (χ0v) is 20.0. The van der Waals surface area contributed by atoms with E-state index < -0.39 is 5.76 Å². The Hall–Kier alpha value is -3.68. The molecule has 0 aliphatic carbocycles. The molecule has 0 bridgehead atoms. The highest BCUT2D eigenvalue weighted by Crippen LogP contribution is 2.21. The van der Waals surface area contributed by atoms with Gasteiger partial charge in [0.15, 0.2) is 17.1 Å². The third-order valence-corrected chi connectivity index (χ3v) is 6.64. The van der Waals surface area contributed by atoms with Gasteiger partial charge in [-0.05, 0) is 73.7 Å². The van der Waals surface area contributed by atoms with Crippen LogP contribution in [0.5, 0.6) is 0 Å². The van der Waals surface area contributed by atoms with Crippen LogP contribution in [0.1, 0.15) is 33.2 Å². The number of Topliss-reactive ketones (excluding diaryl/α,β-unsaturated/α-hetero) is 1. The van der Waals surface area contributed by atoms with Gasteiger partial charge in [-0.3, -0.25) is 19.1 Å². The zero-order valence-electron chi connectivity index (χ0n) is 19.2. The Kier molecular flexibility index (Phi) is 6.28. The molecule has 0 radical (unpaired) electrons. The molecule has 178 valence electrons. The number of fused-ring (bicyclic) bond motifs is 1. The lowest BCUT2D eigenvalue weighted by atomic mass is 10.0. The summed E-state index contributed by atoms with van der Waals surface area (Å²) in [5, 5.41) is 0.562. The van der Waals surface area contributed by atoms with Crippen molar-refractivity contribution in [2.75, 3.05) is 31.1 Å². The Bertz CT molecular complexity index is 1450. The van der Waals surface area contributed by atoms with Crippen molar-refractivity contribution in [3.05, 3.63) is 99.0 Å². The third kappa shape index (κ3) is 4.78. The van der Waals surface area contributed by atoms with Gasteiger partial charge in [0.25, 0.3) is 0 Å². The van der Waals surface area contributed by atoms with Crippen LogP contribution < -0.4 is 10.7 Å². The minimum absolute atomic E-state index is 0.0561. The van der Waals surface area contributed by atoms with Gasteiger partial charge in [-0.1, -0.05) is 11.6 Å². The smallest absolute Gasteiger partial charge is 0.408 e. The second-order valence-electron chi connectivity index (χ2n) is 8.66. The van der Waals surface area contributed by atoms with Crippen molar-refractivity contribution in [3.63, 3.8) is 0 Å². The Labute approximate surface area is 207 Å². The normalized spacial score (nSPS) is 14.4. The number of ketones is 2. The van der Waals surface area contributed by atoms with Gasteiger partial charge in [-0.15, -0.1) is 0 Å². The van der Waals surface area contributed by atoms with Gasteiger partial charge < -0.3 is 9.32 Å². The fourth-order valence-electron chi connectivity index (χ4n) is 4.36. The van der Waals surface area contributed by atoms with Gasteiger partial charge in [-0.25, -0.2) is 4.79 Å². The Morgan fingerprint density at radius 1 is 0.857 bits per heavy atom. The van der Waals surface area contributed by atoms with Crippen molar-refractivity contribution in [2.24, 2.45) is 0 Å². The SMILES string of the molecule is CC(=O)c1ccc(N2CCN(Cn3c(=O)oc4cc(C(=O)c5ccc(Cl)cc5)ccc43)CC2)cc1. The molecule has 1 aliphatic heterocycles. The van der Waals surface area contributed by atoms with E-state index in [1.165, 1.54) is 0 Å². The summed E-state index contributed by atoms with van der Waals surface area (Å²) in [4.78, 5) is 41.4. The molecular weight excluding hydrogens is 466 g/mol. The summed E-state index contributed by atoms with van der Waals surface area (Å²) in [6, 6.07) is 19.4. The minimum Gasteiger partial charge on any atom is -0.408 e. The summed E-state index contributed by atoms with van der Waals surface area (Å²) in [5.41, 5.74) is 3.80. The first-order valence-corrected chi connectivity index (χ1v) is 11.8. The molecule has 0 saturated carbocycles. The molecule has 1 aromatic heterocycles. The number of carbonyl (C=O) groups is 2. The topological polar surface area (TPSA) is 75.8 Å². The molecule has 5 rings (SSSR count). The number of rotatable bonds is 6. The van der Waals surface area contributed by atoms with Crippen LogP contribution in [0.15, 0.2) is 75.9 Å². The van der Waals surface area contributed by atoms with Crippen LogP contribution in [0.2, 0.25) is 5.02 Å². The van der Waals surface area contributed by atoms with Crippen LogP contribution in [0, 0.1) is 0 Å². The quantitative estimate of drug-likeness (QED) is 0.372. The largest absolute Gasteiger partial charge is 0.421 e. The fraction of sp³-hybridized carbons (Fsp3) is 0.222. The Morgan fingerprint density at radius 3 is 2.14 bits per heavy atom. The van der Waals surface area contributed by atoms with E-state index in [0.29, 0.717) is 39.5 Å². The molecule has 0 atom stereocenters. The summed E-state index contributed by atoms with van der Waals surface area (Å²) in [5.74, 6) is -0.551.